The van der Waals surface area contributed by atoms with E-state index in [0.29, 0.717) is 5.02 Å². The molecule has 5 rings (SSSR count). The maximum absolute atomic E-state index is 10.4. The van der Waals surface area contributed by atoms with Gasteiger partial charge in [-0.25, -0.2) is 0 Å². The Balaban J connectivity index is 2.05. The van der Waals surface area contributed by atoms with Crippen LogP contribution in [0, 0.1) is 0 Å². The predicted octanol–water partition coefficient (Wildman–Crippen LogP) is 2.65. The molecular weight excluding hydrogens is 260 g/mol. The Labute approximate surface area is 116 Å². The third-order valence-corrected chi connectivity index (χ3v) is 4.65. The summed E-state index contributed by atoms with van der Waals surface area (Å²) in [6, 6.07) is 13.8. The highest BCUT2D eigenvalue weighted by molar-refractivity contribution is 6.30. The molecule has 2 bridgehead atoms. The lowest BCUT2D eigenvalue weighted by Gasteiger charge is -2.46. The zero-order valence-corrected chi connectivity index (χ0v) is 10.9. The van der Waals surface area contributed by atoms with Crippen LogP contribution in [0.4, 0.5) is 0 Å². The van der Waals surface area contributed by atoms with Gasteiger partial charge in [-0.2, -0.15) is 0 Å². The summed E-state index contributed by atoms with van der Waals surface area (Å²) in [7, 11) is 0. The standard InChI is InChI=1S/C16H13ClO2/c17-8-5-6-11-12(7-8)14-10-4-2-1-3-9(10)13(11)15(18)16(14)19/h1-7,13-16,18-19H/t13-,14-,15-,16-/m0/s1. The molecule has 0 radical (unpaired) electrons. The number of fused-ring (bicyclic) bond motifs is 1. The molecule has 0 aliphatic heterocycles. The van der Waals surface area contributed by atoms with E-state index in [4.69, 9.17) is 11.6 Å². The Hall–Kier alpha value is -1.35. The van der Waals surface area contributed by atoms with Crippen LogP contribution in [0.5, 0.6) is 0 Å². The average Bonchev–Trinajstić information content (AvgIpc) is 2.42. The first-order valence-corrected chi connectivity index (χ1v) is 6.80. The quantitative estimate of drug-likeness (QED) is 0.774. The Bertz CT molecular complexity index is 668. The Kier molecular flexibility index (Phi) is 2.31. The van der Waals surface area contributed by atoms with Gasteiger partial charge in [0.05, 0.1) is 12.2 Å². The van der Waals surface area contributed by atoms with Crippen molar-refractivity contribution >= 4 is 11.6 Å². The van der Waals surface area contributed by atoms with Crippen LogP contribution in [0.15, 0.2) is 42.5 Å². The van der Waals surface area contributed by atoms with E-state index < -0.39 is 12.2 Å². The minimum absolute atomic E-state index is 0.150. The number of aliphatic hydroxyl groups is 2. The fourth-order valence-corrected chi connectivity index (χ4v) is 3.82. The number of rotatable bonds is 0. The Morgan fingerprint density at radius 1 is 0.737 bits per heavy atom. The van der Waals surface area contributed by atoms with Crippen molar-refractivity contribution in [2.24, 2.45) is 0 Å². The van der Waals surface area contributed by atoms with Crippen molar-refractivity contribution in [1.82, 2.24) is 0 Å². The van der Waals surface area contributed by atoms with Gasteiger partial charge in [0.25, 0.3) is 0 Å². The van der Waals surface area contributed by atoms with Gasteiger partial charge in [0, 0.05) is 16.9 Å². The molecule has 96 valence electrons. The summed E-state index contributed by atoms with van der Waals surface area (Å²) in [5, 5.41) is 21.4. The number of hydrogen-bond acceptors (Lipinski definition) is 2. The van der Waals surface area contributed by atoms with Gasteiger partial charge in [0.15, 0.2) is 0 Å². The van der Waals surface area contributed by atoms with E-state index in [9.17, 15) is 10.2 Å². The lowest BCUT2D eigenvalue weighted by Crippen LogP contribution is -2.47. The first-order chi connectivity index (χ1) is 9.18. The molecule has 2 aromatic rings. The van der Waals surface area contributed by atoms with Crippen molar-refractivity contribution in [3.63, 3.8) is 0 Å². The number of aliphatic hydroxyl groups excluding tert-OH is 2. The highest BCUT2D eigenvalue weighted by atomic mass is 35.5. The second kappa shape index (κ2) is 3.83. The lowest BCUT2D eigenvalue weighted by atomic mass is 9.61. The van der Waals surface area contributed by atoms with Gasteiger partial charge < -0.3 is 10.2 Å². The van der Waals surface area contributed by atoms with E-state index >= 15 is 0 Å². The van der Waals surface area contributed by atoms with Gasteiger partial charge in [-0.05, 0) is 34.4 Å². The van der Waals surface area contributed by atoms with E-state index in [-0.39, 0.29) is 11.8 Å². The molecule has 0 fully saturated rings. The molecule has 3 aliphatic carbocycles. The van der Waals surface area contributed by atoms with Crippen LogP contribution in [0.1, 0.15) is 34.1 Å². The number of hydrogen-bond donors (Lipinski definition) is 2. The molecular formula is C16H13ClO2. The van der Waals surface area contributed by atoms with Gasteiger partial charge >= 0.3 is 0 Å². The highest BCUT2D eigenvalue weighted by Gasteiger charge is 2.48. The SMILES string of the molecule is O[C@H]1[C@H]2c3ccccc3[C@@H](c3cc(Cl)ccc32)[C@@H]1O. The van der Waals surface area contributed by atoms with Crippen molar-refractivity contribution in [3.8, 4) is 0 Å². The summed E-state index contributed by atoms with van der Waals surface area (Å²) in [6.45, 7) is 0. The van der Waals surface area contributed by atoms with Crippen molar-refractivity contribution in [3.05, 3.63) is 69.7 Å². The van der Waals surface area contributed by atoms with Crippen LogP contribution in [-0.4, -0.2) is 22.4 Å². The molecule has 19 heavy (non-hydrogen) atoms. The fourth-order valence-electron chi connectivity index (χ4n) is 3.64. The molecule has 2 aromatic carbocycles. The molecule has 3 heteroatoms. The molecule has 0 heterocycles. The third-order valence-electron chi connectivity index (χ3n) is 4.42. The molecule has 4 atom stereocenters. The van der Waals surface area contributed by atoms with Crippen LogP contribution in [0.2, 0.25) is 5.02 Å². The first kappa shape index (κ1) is 11.5. The van der Waals surface area contributed by atoms with E-state index in [0.717, 1.165) is 22.3 Å². The normalized spacial score (nSPS) is 30.9. The van der Waals surface area contributed by atoms with Crippen molar-refractivity contribution < 1.29 is 10.2 Å². The minimum Gasteiger partial charge on any atom is -0.389 e. The fraction of sp³-hybridized carbons (Fsp3) is 0.250. The van der Waals surface area contributed by atoms with Crippen LogP contribution < -0.4 is 0 Å². The Morgan fingerprint density at radius 3 is 1.89 bits per heavy atom. The molecule has 0 aromatic heterocycles. The van der Waals surface area contributed by atoms with Gasteiger partial charge in [-0.15, -0.1) is 0 Å². The molecule has 0 saturated carbocycles. The minimum atomic E-state index is -0.758. The highest BCUT2D eigenvalue weighted by Crippen LogP contribution is 2.53. The van der Waals surface area contributed by atoms with Crippen LogP contribution >= 0.6 is 11.6 Å². The average molecular weight is 273 g/mol. The van der Waals surface area contributed by atoms with Crippen LogP contribution in [0.3, 0.4) is 0 Å². The summed E-state index contributed by atoms with van der Waals surface area (Å²) in [5.41, 5.74) is 4.38. The van der Waals surface area contributed by atoms with E-state index in [1.807, 2.05) is 42.5 Å². The summed E-state index contributed by atoms with van der Waals surface area (Å²) < 4.78 is 0. The van der Waals surface area contributed by atoms with E-state index in [2.05, 4.69) is 0 Å². The molecule has 0 spiro atoms. The van der Waals surface area contributed by atoms with Crippen molar-refractivity contribution in [2.45, 2.75) is 24.0 Å². The molecule has 0 unspecified atom stereocenters. The van der Waals surface area contributed by atoms with Crippen molar-refractivity contribution in [1.29, 1.82) is 0 Å². The topological polar surface area (TPSA) is 40.5 Å². The first-order valence-electron chi connectivity index (χ1n) is 6.43. The van der Waals surface area contributed by atoms with Crippen LogP contribution in [-0.2, 0) is 0 Å². The summed E-state index contributed by atoms with van der Waals surface area (Å²) in [4.78, 5) is 0. The van der Waals surface area contributed by atoms with Gasteiger partial charge in [0.1, 0.15) is 0 Å². The molecule has 2 nitrogen and oxygen atoms in total. The summed E-state index contributed by atoms with van der Waals surface area (Å²) in [5.74, 6) is -0.326. The lowest BCUT2D eigenvalue weighted by molar-refractivity contribution is -0.0154. The maximum atomic E-state index is 10.4. The van der Waals surface area contributed by atoms with Gasteiger partial charge in [0.2, 0.25) is 0 Å². The largest absolute Gasteiger partial charge is 0.389 e. The molecule has 3 aliphatic rings. The number of benzene rings is 2. The van der Waals surface area contributed by atoms with Crippen LogP contribution in [0.25, 0.3) is 0 Å². The van der Waals surface area contributed by atoms with E-state index in [1.165, 1.54) is 0 Å². The zero-order chi connectivity index (χ0) is 13.1. The zero-order valence-electron chi connectivity index (χ0n) is 10.1. The predicted molar refractivity (Wildman–Crippen MR) is 73.6 cm³/mol. The maximum Gasteiger partial charge on any atom is 0.0917 e. The van der Waals surface area contributed by atoms with Crippen molar-refractivity contribution in [2.75, 3.05) is 0 Å². The number of halogens is 1. The van der Waals surface area contributed by atoms with Gasteiger partial charge in [-0.1, -0.05) is 41.9 Å². The Morgan fingerprint density at radius 2 is 1.26 bits per heavy atom. The second-order valence-corrected chi connectivity index (χ2v) is 5.78. The molecule has 0 amide bonds. The second-order valence-electron chi connectivity index (χ2n) is 5.34. The van der Waals surface area contributed by atoms with E-state index in [1.54, 1.807) is 0 Å². The third kappa shape index (κ3) is 1.39. The summed E-state index contributed by atoms with van der Waals surface area (Å²) >= 11 is 6.08. The molecule has 2 N–H and O–H groups in total. The summed E-state index contributed by atoms with van der Waals surface area (Å²) in [6.07, 6.45) is -1.50. The monoisotopic (exact) mass is 272 g/mol. The molecule has 0 saturated heterocycles. The van der Waals surface area contributed by atoms with Gasteiger partial charge in [-0.3, -0.25) is 0 Å². The smallest absolute Gasteiger partial charge is 0.0917 e.